The molecule has 1 saturated carbocycles. The van der Waals surface area contributed by atoms with Crippen molar-refractivity contribution >= 4 is 22.9 Å². The summed E-state index contributed by atoms with van der Waals surface area (Å²) in [5.74, 6) is -2.19. The molecule has 7 nitrogen and oxygen atoms in total. The van der Waals surface area contributed by atoms with Gasteiger partial charge >= 0.3 is 5.97 Å². The third-order valence-corrected chi connectivity index (χ3v) is 5.09. The van der Waals surface area contributed by atoms with Gasteiger partial charge in [-0.25, -0.2) is 14.1 Å². The summed E-state index contributed by atoms with van der Waals surface area (Å²) in [5.41, 5.74) is 0.631. The summed E-state index contributed by atoms with van der Waals surface area (Å²) in [6, 6.07) is 12.8. The molecule has 2 aromatic heterocycles. The van der Waals surface area contributed by atoms with Gasteiger partial charge in [-0.15, -0.1) is 0 Å². The van der Waals surface area contributed by atoms with Crippen LogP contribution in [0.3, 0.4) is 0 Å². The minimum Gasteiger partial charge on any atom is -0.481 e. The molecule has 0 unspecified atom stereocenters. The van der Waals surface area contributed by atoms with Gasteiger partial charge in [-0.1, -0.05) is 18.2 Å². The van der Waals surface area contributed by atoms with E-state index in [1.807, 2.05) is 37.3 Å². The zero-order chi connectivity index (χ0) is 19.9. The molecule has 3 aromatic rings. The van der Waals surface area contributed by atoms with Crippen LogP contribution < -0.4 is 5.32 Å². The van der Waals surface area contributed by atoms with Gasteiger partial charge in [-0.3, -0.25) is 9.59 Å². The number of carboxylic acid groups (broad SMARTS) is 1. The second kappa shape index (κ2) is 6.70. The Labute approximate surface area is 160 Å². The first-order valence-electron chi connectivity index (χ1n) is 8.98. The number of benzene rings is 1. The number of alkyl halides is 1. The van der Waals surface area contributed by atoms with Crippen LogP contribution in [0.15, 0.2) is 42.5 Å². The molecule has 1 aromatic carbocycles. The smallest absolute Gasteiger partial charge is 0.306 e. The van der Waals surface area contributed by atoms with Crippen molar-refractivity contribution in [2.24, 2.45) is 5.92 Å². The summed E-state index contributed by atoms with van der Waals surface area (Å²) in [6.07, 6.45) is -0.176. The average molecular weight is 382 g/mol. The van der Waals surface area contributed by atoms with Crippen molar-refractivity contribution in [2.75, 3.05) is 6.54 Å². The Bertz CT molecular complexity index is 1060. The predicted molar refractivity (Wildman–Crippen MR) is 100 cm³/mol. The summed E-state index contributed by atoms with van der Waals surface area (Å²) in [6.45, 7) is 1.64. The Morgan fingerprint density at radius 3 is 2.64 bits per heavy atom. The van der Waals surface area contributed by atoms with Gasteiger partial charge in [0, 0.05) is 5.39 Å². The quantitative estimate of drug-likeness (QED) is 0.707. The van der Waals surface area contributed by atoms with E-state index >= 15 is 0 Å². The van der Waals surface area contributed by atoms with Crippen LogP contribution in [0, 0.1) is 12.8 Å². The largest absolute Gasteiger partial charge is 0.481 e. The number of rotatable bonds is 5. The lowest BCUT2D eigenvalue weighted by Crippen LogP contribution is -2.51. The number of carbonyl (C=O) groups is 2. The Morgan fingerprint density at radius 1 is 1.25 bits per heavy atom. The zero-order valence-electron chi connectivity index (χ0n) is 15.2. The number of carboxylic acids is 1. The van der Waals surface area contributed by atoms with Crippen LogP contribution in [0.5, 0.6) is 0 Å². The van der Waals surface area contributed by atoms with Crippen molar-refractivity contribution in [2.45, 2.75) is 25.4 Å². The fourth-order valence-corrected chi connectivity index (χ4v) is 3.49. The highest BCUT2D eigenvalue weighted by molar-refractivity contribution is 5.95. The van der Waals surface area contributed by atoms with E-state index in [4.69, 9.17) is 5.11 Å². The fourth-order valence-electron chi connectivity index (χ4n) is 3.49. The molecular formula is C20H19FN4O3. The zero-order valence-corrected chi connectivity index (χ0v) is 15.2. The molecule has 1 amide bonds. The summed E-state index contributed by atoms with van der Waals surface area (Å²) in [4.78, 5) is 27.7. The summed E-state index contributed by atoms with van der Waals surface area (Å²) >= 11 is 0. The molecule has 0 aliphatic heterocycles. The molecule has 28 heavy (non-hydrogen) atoms. The predicted octanol–water partition coefficient (Wildman–Crippen LogP) is 2.66. The molecule has 1 fully saturated rings. The van der Waals surface area contributed by atoms with Crippen molar-refractivity contribution in [3.8, 4) is 5.69 Å². The average Bonchev–Trinajstić information content (AvgIpc) is 3.00. The molecule has 2 heterocycles. The molecule has 8 heteroatoms. The Kier molecular flexibility index (Phi) is 4.33. The Hall–Kier alpha value is -3.29. The van der Waals surface area contributed by atoms with Gasteiger partial charge in [0.2, 0.25) is 0 Å². The molecule has 0 radical (unpaired) electrons. The lowest BCUT2D eigenvalue weighted by Gasteiger charge is -2.38. The first kappa shape index (κ1) is 18.1. The number of para-hydroxylation sites is 1. The van der Waals surface area contributed by atoms with Crippen molar-refractivity contribution in [3.05, 3.63) is 53.9 Å². The van der Waals surface area contributed by atoms with E-state index in [-0.39, 0.29) is 25.1 Å². The normalized spacial score (nSPS) is 21.3. The van der Waals surface area contributed by atoms with E-state index in [9.17, 15) is 14.0 Å². The topological polar surface area (TPSA) is 97.1 Å². The minimum atomic E-state index is -1.68. The maximum Gasteiger partial charge on any atom is 0.306 e. The van der Waals surface area contributed by atoms with E-state index in [1.54, 1.807) is 16.8 Å². The highest BCUT2D eigenvalue weighted by Crippen LogP contribution is 2.40. The van der Waals surface area contributed by atoms with Gasteiger partial charge < -0.3 is 10.4 Å². The molecule has 1 aliphatic rings. The Morgan fingerprint density at radius 2 is 1.96 bits per heavy atom. The van der Waals surface area contributed by atoms with E-state index in [1.165, 1.54) is 0 Å². The van der Waals surface area contributed by atoms with Gasteiger partial charge in [0.15, 0.2) is 5.65 Å². The van der Waals surface area contributed by atoms with Crippen LogP contribution in [0.2, 0.25) is 0 Å². The number of fused-ring (bicyclic) bond motifs is 1. The third-order valence-electron chi connectivity index (χ3n) is 5.09. The first-order chi connectivity index (χ1) is 13.4. The molecule has 4 rings (SSSR count). The summed E-state index contributed by atoms with van der Waals surface area (Å²) < 4.78 is 16.1. The van der Waals surface area contributed by atoms with Crippen molar-refractivity contribution in [3.63, 3.8) is 0 Å². The van der Waals surface area contributed by atoms with Gasteiger partial charge in [0.25, 0.3) is 5.91 Å². The van der Waals surface area contributed by atoms with E-state index in [0.717, 1.165) is 16.8 Å². The van der Waals surface area contributed by atoms with Crippen LogP contribution in [-0.4, -0.2) is 44.0 Å². The number of nitrogens with one attached hydrogen (secondary N) is 1. The van der Waals surface area contributed by atoms with Gasteiger partial charge in [0.1, 0.15) is 11.4 Å². The molecule has 0 bridgehead atoms. The Balaban J connectivity index is 1.54. The highest BCUT2D eigenvalue weighted by Gasteiger charge is 2.48. The number of aryl methyl sites for hydroxylation is 1. The molecule has 0 atom stereocenters. The number of amides is 1. The van der Waals surface area contributed by atoms with Crippen molar-refractivity contribution < 1.29 is 19.1 Å². The summed E-state index contributed by atoms with van der Waals surface area (Å²) in [7, 11) is 0. The molecular weight excluding hydrogens is 363 g/mol. The van der Waals surface area contributed by atoms with Crippen LogP contribution in [0.1, 0.15) is 29.0 Å². The van der Waals surface area contributed by atoms with Crippen LogP contribution in [0.4, 0.5) is 4.39 Å². The number of hydrogen-bond donors (Lipinski definition) is 2. The van der Waals surface area contributed by atoms with E-state index in [2.05, 4.69) is 15.4 Å². The lowest BCUT2D eigenvalue weighted by molar-refractivity contribution is -0.151. The number of aliphatic carboxylic acids is 1. The second-order valence-electron chi connectivity index (χ2n) is 7.18. The molecule has 0 saturated heterocycles. The highest BCUT2D eigenvalue weighted by atomic mass is 19.1. The van der Waals surface area contributed by atoms with Gasteiger partial charge in [0.05, 0.1) is 23.8 Å². The van der Waals surface area contributed by atoms with Gasteiger partial charge in [-0.05, 0) is 44.0 Å². The first-order valence-corrected chi connectivity index (χ1v) is 8.98. The van der Waals surface area contributed by atoms with Gasteiger partial charge in [-0.2, -0.15) is 5.10 Å². The van der Waals surface area contributed by atoms with E-state index < -0.39 is 23.5 Å². The monoisotopic (exact) mass is 382 g/mol. The minimum absolute atomic E-state index is 0.0882. The number of nitrogens with zero attached hydrogens (tertiary/aromatic N) is 3. The standard InChI is InChI=1S/C20H19FN4O3/c1-12-15-7-8-16(18(26)22-11-20(21)9-13(10-20)19(27)28)23-17(15)25(24-12)14-5-3-2-4-6-14/h2-8,13H,9-11H2,1H3,(H,22,26)(H,27,28). The number of halogens is 1. The summed E-state index contributed by atoms with van der Waals surface area (Å²) in [5, 5.41) is 16.7. The van der Waals surface area contributed by atoms with Crippen LogP contribution >= 0.6 is 0 Å². The number of pyridine rings is 1. The molecule has 1 aliphatic carbocycles. The maximum atomic E-state index is 14.4. The molecule has 2 N–H and O–H groups in total. The fraction of sp³-hybridized carbons (Fsp3) is 0.300. The molecule has 144 valence electrons. The number of carbonyl (C=O) groups excluding carboxylic acids is 1. The van der Waals surface area contributed by atoms with Crippen LogP contribution in [0.25, 0.3) is 16.7 Å². The lowest BCUT2D eigenvalue weighted by atomic mass is 9.72. The second-order valence-corrected chi connectivity index (χ2v) is 7.18. The van der Waals surface area contributed by atoms with E-state index in [0.29, 0.717) is 5.65 Å². The van der Waals surface area contributed by atoms with Crippen molar-refractivity contribution in [1.82, 2.24) is 20.1 Å². The molecule has 0 spiro atoms. The third kappa shape index (κ3) is 3.21. The number of aromatic nitrogens is 3. The maximum absolute atomic E-state index is 14.4. The number of hydrogen-bond acceptors (Lipinski definition) is 4. The van der Waals surface area contributed by atoms with Crippen molar-refractivity contribution in [1.29, 1.82) is 0 Å². The van der Waals surface area contributed by atoms with Crippen LogP contribution in [-0.2, 0) is 4.79 Å². The SMILES string of the molecule is Cc1nn(-c2ccccc2)c2nc(C(=O)NCC3(F)CC(C(=O)O)C3)ccc12.